The molecule has 0 fully saturated rings. The van der Waals surface area contributed by atoms with E-state index >= 15 is 0 Å². The van der Waals surface area contributed by atoms with Gasteiger partial charge in [0.15, 0.2) is 0 Å². The van der Waals surface area contributed by atoms with E-state index in [0.29, 0.717) is 23.9 Å². The lowest BCUT2D eigenvalue weighted by atomic mass is 10.0. The van der Waals surface area contributed by atoms with Crippen LogP contribution in [0.3, 0.4) is 0 Å². The molecule has 10 heteroatoms. The molecule has 0 aromatic heterocycles. The van der Waals surface area contributed by atoms with Crippen molar-refractivity contribution in [2.24, 2.45) is 0 Å². The lowest BCUT2D eigenvalue weighted by Crippen LogP contribution is -2.47. The van der Waals surface area contributed by atoms with E-state index in [9.17, 15) is 19.0 Å². The monoisotopic (exact) mass is 1030 g/mol. The molecule has 0 saturated carbocycles. The van der Waals surface area contributed by atoms with E-state index < -0.39 is 26.6 Å². The van der Waals surface area contributed by atoms with Gasteiger partial charge in [-0.25, -0.2) is 0 Å². The Labute approximate surface area is 445 Å². The third-order valence-electron chi connectivity index (χ3n) is 13.2. The molecule has 0 aromatic rings. The number of esters is 1. The maximum absolute atomic E-state index is 13.5. The molecule has 420 valence electrons. The number of unbranched alkanes of at least 4 members (excludes halogenated alkanes) is 30. The number of nitrogens with one attached hydrogen (secondary N) is 1. The van der Waals surface area contributed by atoms with Crippen LogP contribution in [0, 0.1) is 0 Å². The Bertz CT molecular complexity index is 1420. The fourth-order valence-electron chi connectivity index (χ4n) is 8.51. The number of allylic oxidation sites excluding steroid dienone is 9. The average molecular weight is 1030 g/mol. The van der Waals surface area contributed by atoms with Crippen LogP contribution in [-0.2, 0) is 27.9 Å². The van der Waals surface area contributed by atoms with Gasteiger partial charge in [0.2, 0.25) is 5.91 Å². The molecule has 0 aliphatic heterocycles. The fraction of sp³-hybridized carbons (Fsp3) is 0.806. The largest absolute Gasteiger partial charge is 0.756 e. The van der Waals surface area contributed by atoms with Gasteiger partial charge in [0, 0.05) is 12.8 Å². The van der Waals surface area contributed by atoms with Crippen molar-refractivity contribution in [2.45, 2.75) is 283 Å². The molecule has 3 atom stereocenters. The van der Waals surface area contributed by atoms with Gasteiger partial charge in [-0.3, -0.25) is 14.2 Å². The first-order valence-corrected chi connectivity index (χ1v) is 31.6. The normalized spacial score (nSPS) is 14.2. The molecule has 3 unspecified atom stereocenters. The number of hydrogen-bond acceptors (Lipinski definition) is 7. The topological polar surface area (TPSA) is 114 Å². The van der Waals surface area contributed by atoms with Gasteiger partial charge in [0.05, 0.1) is 33.8 Å². The standard InChI is InChI=1S/C62H115N2O7P/c1-7-10-13-16-19-22-25-27-29-31-32-33-35-37-40-43-46-49-52-55-62(66)71-60(53-50-47-44-41-38-24-21-18-15-12-9-3)59(58-70-72(67,68)69-57-56-64(4,5)6)63-61(65)54-51-48-45-42-39-36-34-30-28-26-23-20-17-14-11-8-2/h19,22,27,29,32-33,37,40,50,53,59-60H,7-18,20-21,23-26,28,30-31,34-36,38-39,41-49,51-52,54-58H2,1-6H3,(H-,63,65,67,68)/b22-19-,29-27-,33-32-,40-37-,53-50+. The number of hydrogen-bond donors (Lipinski definition) is 1. The Kier molecular flexibility index (Phi) is 50.5. The number of rotatable bonds is 54. The van der Waals surface area contributed by atoms with Crippen molar-refractivity contribution in [3.05, 3.63) is 60.8 Å². The molecule has 0 bridgehead atoms. The lowest BCUT2D eigenvalue weighted by molar-refractivity contribution is -0.870. The Morgan fingerprint density at radius 3 is 1.31 bits per heavy atom. The number of carbonyl (C=O) groups excluding carboxylic acids is 2. The van der Waals surface area contributed by atoms with E-state index in [0.717, 1.165) is 77.0 Å². The first-order valence-electron chi connectivity index (χ1n) is 30.1. The minimum atomic E-state index is -4.70. The van der Waals surface area contributed by atoms with Crippen LogP contribution in [0.25, 0.3) is 0 Å². The smallest absolute Gasteiger partial charge is 0.306 e. The molecule has 0 aromatic carbocycles. The number of amides is 1. The fourth-order valence-corrected chi connectivity index (χ4v) is 9.23. The number of nitrogens with zero attached hydrogens (tertiary/aromatic N) is 1. The predicted octanol–water partition coefficient (Wildman–Crippen LogP) is 17.6. The van der Waals surface area contributed by atoms with Crippen molar-refractivity contribution in [2.75, 3.05) is 40.9 Å². The van der Waals surface area contributed by atoms with Gasteiger partial charge >= 0.3 is 5.97 Å². The van der Waals surface area contributed by atoms with Crippen LogP contribution >= 0.6 is 7.82 Å². The Morgan fingerprint density at radius 2 is 0.847 bits per heavy atom. The molecule has 72 heavy (non-hydrogen) atoms. The summed E-state index contributed by atoms with van der Waals surface area (Å²) in [6, 6.07) is -0.899. The molecule has 9 nitrogen and oxygen atoms in total. The molecule has 0 spiro atoms. The van der Waals surface area contributed by atoms with E-state index in [1.165, 1.54) is 154 Å². The highest BCUT2D eigenvalue weighted by Gasteiger charge is 2.27. The summed E-state index contributed by atoms with van der Waals surface area (Å²) in [5.74, 6) is -0.571. The van der Waals surface area contributed by atoms with Crippen LogP contribution in [0.5, 0.6) is 0 Å². The minimum Gasteiger partial charge on any atom is -0.756 e. The quantitative estimate of drug-likeness (QED) is 0.0212. The number of phosphoric acid groups is 1. The van der Waals surface area contributed by atoms with Gasteiger partial charge in [-0.1, -0.05) is 242 Å². The lowest BCUT2D eigenvalue weighted by Gasteiger charge is -2.30. The molecular weight excluding hydrogens is 916 g/mol. The summed E-state index contributed by atoms with van der Waals surface area (Å²) >= 11 is 0. The van der Waals surface area contributed by atoms with Crippen molar-refractivity contribution in [3.63, 3.8) is 0 Å². The van der Waals surface area contributed by atoms with Crippen LogP contribution in [0.2, 0.25) is 0 Å². The Balaban J connectivity index is 5.32. The zero-order valence-corrected chi connectivity index (χ0v) is 48.8. The van der Waals surface area contributed by atoms with Crippen molar-refractivity contribution < 1.29 is 37.3 Å². The van der Waals surface area contributed by atoms with Crippen molar-refractivity contribution in [3.8, 4) is 0 Å². The number of phosphoric ester groups is 1. The van der Waals surface area contributed by atoms with Crippen molar-refractivity contribution in [1.82, 2.24) is 5.32 Å². The molecule has 0 aliphatic rings. The molecule has 0 rings (SSSR count). The molecule has 0 radical (unpaired) electrons. The molecule has 1 amide bonds. The highest BCUT2D eigenvalue weighted by Crippen LogP contribution is 2.38. The minimum absolute atomic E-state index is 0.0277. The second kappa shape index (κ2) is 52.2. The molecule has 0 heterocycles. The van der Waals surface area contributed by atoms with Crippen LogP contribution in [0.15, 0.2) is 60.8 Å². The van der Waals surface area contributed by atoms with Gasteiger partial charge in [-0.05, 0) is 76.7 Å². The second-order valence-electron chi connectivity index (χ2n) is 21.5. The third-order valence-corrected chi connectivity index (χ3v) is 14.2. The van der Waals surface area contributed by atoms with Crippen LogP contribution in [-0.4, -0.2) is 69.4 Å². The highest BCUT2D eigenvalue weighted by atomic mass is 31.2. The van der Waals surface area contributed by atoms with Crippen LogP contribution < -0.4 is 10.2 Å². The molecule has 0 aliphatic carbocycles. The number of carbonyl (C=O) groups is 2. The van der Waals surface area contributed by atoms with E-state index in [2.05, 4.69) is 74.7 Å². The molecule has 0 saturated heterocycles. The second-order valence-corrected chi connectivity index (χ2v) is 22.9. The maximum Gasteiger partial charge on any atom is 0.306 e. The van der Waals surface area contributed by atoms with E-state index in [4.69, 9.17) is 13.8 Å². The Hall–Kier alpha value is -2.29. The first-order chi connectivity index (χ1) is 34.9. The highest BCUT2D eigenvalue weighted by molar-refractivity contribution is 7.45. The van der Waals surface area contributed by atoms with Gasteiger partial charge in [-0.15, -0.1) is 0 Å². The van der Waals surface area contributed by atoms with E-state index in [1.54, 1.807) is 0 Å². The SMILES string of the molecule is CCCCC/C=C\C/C=C\C/C=C\C/C=C\CCCCCC(=O)OC(/C=C/CCCCCCCCCCC)C(COP(=O)([O-])OCC[N+](C)(C)C)NC(=O)CCCCCCCCCCCCCCCCCC. The van der Waals surface area contributed by atoms with Crippen molar-refractivity contribution >= 4 is 19.7 Å². The zero-order valence-electron chi connectivity index (χ0n) is 47.9. The summed E-state index contributed by atoms with van der Waals surface area (Å²) in [5, 5.41) is 3.02. The number of ether oxygens (including phenoxy) is 1. The van der Waals surface area contributed by atoms with Crippen LogP contribution in [0.4, 0.5) is 0 Å². The van der Waals surface area contributed by atoms with Crippen LogP contribution in [0.1, 0.15) is 271 Å². The summed E-state index contributed by atoms with van der Waals surface area (Å²) in [6.45, 7) is 6.80. The zero-order chi connectivity index (χ0) is 52.9. The first kappa shape index (κ1) is 69.7. The van der Waals surface area contributed by atoms with Crippen molar-refractivity contribution in [1.29, 1.82) is 0 Å². The van der Waals surface area contributed by atoms with Gasteiger partial charge < -0.3 is 28.5 Å². The molecule has 1 N–H and O–H groups in total. The average Bonchev–Trinajstić information content (AvgIpc) is 3.34. The maximum atomic E-state index is 13.5. The van der Waals surface area contributed by atoms with Gasteiger partial charge in [-0.2, -0.15) is 0 Å². The summed E-state index contributed by atoms with van der Waals surface area (Å²) in [4.78, 5) is 39.9. The Morgan fingerprint density at radius 1 is 0.486 bits per heavy atom. The van der Waals surface area contributed by atoms with Gasteiger partial charge in [0.1, 0.15) is 19.3 Å². The summed E-state index contributed by atoms with van der Waals surface area (Å²) < 4.78 is 30.2. The van der Waals surface area contributed by atoms with Gasteiger partial charge in [0.25, 0.3) is 7.82 Å². The molecular formula is C62H115N2O7P. The predicted molar refractivity (Wildman–Crippen MR) is 307 cm³/mol. The number of quaternary nitrogens is 1. The number of likely N-dealkylation sites (N-methyl/N-ethyl adjacent to an activating group) is 1. The summed E-state index contributed by atoms with van der Waals surface area (Å²) in [5.41, 5.74) is 0. The van der Waals surface area contributed by atoms with E-state index in [-0.39, 0.29) is 24.9 Å². The summed E-state index contributed by atoms with van der Waals surface area (Å²) in [7, 11) is 1.17. The summed E-state index contributed by atoms with van der Waals surface area (Å²) in [6.07, 6.45) is 64.7. The van der Waals surface area contributed by atoms with E-state index in [1.807, 2.05) is 33.3 Å². The third kappa shape index (κ3) is 52.6.